The molecule has 1 unspecified atom stereocenters. The number of primary amides is 1. The molecule has 270 valence electrons. The number of amides is 1. The van der Waals surface area contributed by atoms with Crippen molar-refractivity contribution < 1.29 is 23.9 Å². The number of imidazole rings is 1. The van der Waals surface area contributed by atoms with Crippen molar-refractivity contribution in [2.24, 2.45) is 5.73 Å². The molecule has 1 amide bonds. The maximum atomic E-state index is 12.2. The van der Waals surface area contributed by atoms with Crippen molar-refractivity contribution in [3.63, 3.8) is 0 Å². The molecule has 3 aromatic heterocycles. The molecule has 5 aromatic rings. The fourth-order valence-corrected chi connectivity index (χ4v) is 6.82. The van der Waals surface area contributed by atoms with E-state index in [0.717, 1.165) is 68.6 Å². The second-order valence-electron chi connectivity index (χ2n) is 12.5. The van der Waals surface area contributed by atoms with Gasteiger partial charge in [0.15, 0.2) is 0 Å². The standard InChI is InChI=1S/C37H46N8O5S/c1-25(46)49-20-18-44(19-21-50-26(2)47)29-9-6-27(7-10-29)37-41-33-22-28(8-12-34(33)45(37)17-5-16-43(3)4)32(23-36(38)48)39-24-30-11-13-35(51-30)31-14-15-40-42-31/h6-15,22,32,39H,5,16-21,23-24H2,1-4H3,(H2,38,48)(H,40,42). The van der Waals surface area contributed by atoms with Crippen LogP contribution in [0, 0.1) is 0 Å². The number of ether oxygens (including phenoxy) is 2. The van der Waals surface area contributed by atoms with E-state index in [2.05, 4.69) is 63.3 Å². The van der Waals surface area contributed by atoms with E-state index in [1.807, 2.05) is 41.3 Å². The minimum absolute atomic E-state index is 0.146. The van der Waals surface area contributed by atoms with E-state index in [1.165, 1.54) is 13.8 Å². The highest BCUT2D eigenvalue weighted by Gasteiger charge is 2.19. The number of aromatic amines is 1. The van der Waals surface area contributed by atoms with Crippen LogP contribution in [0.25, 0.3) is 33.0 Å². The summed E-state index contributed by atoms with van der Waals surface area (Å²) in [5.74, 6) is -0.244. The minimum Gasteiger partial charge on any atom is -0.464 e. The molecule has 4 N–H and O–H groups in total. The molecule has 2 aromatic carbocycles. The van der Waals surface area contributed by atoms with Crippen LogP contribution in [0.4, 0.5) is 5.69 Å². The first-order chi connectivity index (χ1) is 24.6. The number of thiophene rings is 1. The topological polar surface area (TPSA) is 161 Å². The van der Waals surface area contributed by atoms with Gasteiger partial charge in [-0.15, -0.1) is 11.3 Å². The number of esters is 2. The molecule has 0 bridgehead atoms. The van der Waals surface area contributed by atoms with E-state index in [-0.39, 0.29) is 43.5 Å². The van der Waals surface area contributed by atoms with Gasteiger partial charge in [-0.3, -0.25) is 19.5 Å². The van der Waals surface area contributed by atoms with Gasteiger partial charge in [0.05, 0.1) is 34.7 Å². The largest absolute Gasteiger partial charge is 0.464 e. The number of fused-ring (bicyclic) bond motifs is 1. The number of nitrogens with zero attached hydrogens (tertiary/aromatic N) is 5. The summed E-state index contributed by atoms with van der Waals surface area (Å²) in [6.07, 6.45) is 2.81. The number of anilines is 1. The zero-order chi connectivity index (χ0) is 36.3. The van der Waals surface area contributed by atoms with Gasteiger partial charge in [-0.05, 0) is 87.2 Å². The van der Waals surface area contributed by atoms with Crippen molar-refractivity contribution in [1.82, 2.24) is 30.0 Å². The summed E-state index contributed by atoms with van der Waals surface area (Å²) in [5, 5.41) is 10.6. The Morgan fingerprint density at radius 3 is 2.31 bits per heavy atom. The van der Waals surface area contributed by atoms with E-state index in [0.29, 0.717) is 19.6 Å². The molecule has 0 aliphatic heterocycles. The molecule has 14 heteroatoms. The number of hydrogen-bond acceptors (Lipinski definition) is 11. The van der Waals surface area contributed by atoms with Crippen molar-refractivity contribution in [2.75, 3.05) is 51.8 Å². The van der Waals surface area contributed by atoms with E-state index in [1.54, 1.807) is 17.5 Å². The van der Waals surface area contributed by atoms with Gasteiger partial charge in [0.1, 0.15) is 19.0 Å². The first-order valence-corrected chi connectivity index (χ1v) is 17.8. The first kappa shape index (κ1) is 37.2. The highest BCUT2D eigenvalue weighted by molar-refractivity contribution is 7.15. The number of nitrogens with one attached hydrogen (secondary N) is 2. The lowest BCUT2D eigenvalue weighted by atomic mass is 10.0. The lowest BCUT2D eigenvalue weighted by Crippen LogP contribution is -2.31. The van der Waals surface area contributed by atoms with Crippen LogP contribution in [0.15, 0.2) is 66.9 Å². The summed E-state index contributed by atoms with van der Waals surface area (Å²) in [7, 11) is 4.12. The Bertz CT molecular complexity index is 1880. The number of rotatable bonds is 19. The number of hydrogen-bond donors (Lipinski definition) is 3. The fraction of sp³-hybridized carbons (Fsp3) is 0.378. The lowest BCUT2D eigenvalue weighted by Gasteiger charge is -2.24. The summed E-state index contributed by atoms with van der Waals surface area (Å²) in [6, 6.07) is 20.0. The summed E-state index contributed by atoms with van der Waals surface area (Å²) in [6.45, 7) is 6.35. The lowest BCUT2D eigenvalue weighted by molar-refractivity contribution is -0.141. The third-order valence-corrected chi connectivity index (χ3v) is 9.46. The first-order valence-electron chi connectivity index (χ1n) is 16.9. The van der Waals surface area contributed by atoms with E-state index < -0.39 is 0 Å². The molecule has 0 saturated carbocycles. The molecule has 0 aliphatic rings. The van der Waals surface area contributed by atoms with Crippen molar-refractivity contribution in [1.29, 1.82) is 0 Å². The number of nitrogens with two attached hydrogens (primary N) is 1. The summed E-state index contributed by atoms with van der Waals surface area (Å²) in [4.78, 5) is 46.5. The molecule has 5 rings (SSSR count). The second kappa shape index (κ2) is 17.7. The average molecular weight is 715 g/mol. The summed E-state index contributed by atoms with van der Waals surface area (Å²) >= 11 is 1.66. The molecule has 0 fully saturated rings. The van der Waals surface area contributed by atoms with Crippen LogP contribution in [-0.4, -0.2) is 89.4 Å². The molecule has 3 heterocycles. The van der Waals surface area contributed by atoms with Gasteiger partial charge in [-0.25, -0.2) is 4.98 Å². The number of H-pyrrole nitrogens is 1. The maximum absolute atomic E-state index is 12.2. The van der Waals surface area contributed by atoms with Crippen LogP contribution in [0.2, 0.25) is 0 Å². The van der Waals surface area contributed by atoms with Crippen LogP contribution in [-0.2, 0) is 36.9 Å². The highest BCUT2D eigenvalue weighted by atomic mass is 32.1. The van der Waals surface area contributed by atoms with Crippen LogP contribution in [0.1, 0.15) is 43.2 Å². The van der Waals surface area contributed by atoms with Crippen molar-refractivity contribution in [2.45, 2.75) is 45.8 Å². The quantitative estimate of drug-likeness (QED) is 0.102. The number of aryl methyl sites for hydroxylation is 1. The van der Waals surface area contributed by atoms with Gasteiger partial charge in [0.25, 0.3) is 0 Å². The summed E-state index contributed by atoms with van der Waals surface area (Å²) in [5.41, 5.74) is 11.3. The van der Waals surface area contributed by atoms with Crippen LogP contribution in [0.3, 0.4) is 0 Å². The number of aromatic nitrogens is 4. The fourth-order valence-electron chi connectivity index (χ4n) is 5.89. The number of benzene rings is 2. The minimum atomic E-state index is -0.387. The van der Waals surface area contributed by atoms with Gasteiger partial charge >= 0.3 is 11.9 Å². The molecule has 0 saturated heterocycles. The zero-order valence-corrected chi connectivity index (χ0v) is 30.4. The molecule has 13 nitrogen and oxygen atoms in total. The maximum Gasteiger partial charge on any atom is 0.302 e. The molecule has 1 atom stereocenters. The molecule has 0 spiro atoms. The molecule has 0 aliphatic carbocycles. The predicted octanol–water partition coefficient (Wildman–Crippen LogP) is 4.75. The highest BCUT2D eigenvalue weighted by Crippen LogP contribution is 2.31. The van der Waals surface area contributed by atoms with Crippen LogP contribution in [0.5, 0.6) is 0 Å². The second-order valence-corrected chi connectivity index (χ2v) is 13.7. The Balaban J connectivity index is 1.41. The molecular weight excluding hydrogens is 669 g/mol. The number of carbonyl (C=O) groups is 3. The molecule has 0 radical (unpaired) electrons. The van der Waals surface area contributed by atoms with Gasteiger partial charge in [0.2, 0.25) is 5.91 Å². The van der Waals surface area contributed by atoms with Crippen LogP contribution < -0.4 is 16.0 Å². The third kappa shape index (κ3) is 10.5. The molecular formula is C37H46N8O5S. The average Bonchev–Trinajstić information content (AvgIpc) is 3.86. The Morgan fingerprint density at radius 1 is 0.961 bits per heavy atom. The van der Waals surface area contributed by atoms with E-state index in [9.17, 15) is 14.4 Å². The third-order valence-electron chi connectivity index (χ3n) is 8.34. The Morgan fingerprint density at radius 2 is 1.69 bits per heavy atom. The Kier molecular flexibility index (Phi) is 12.9. The van der Waals surface area contributed by atoms with E-state index >= 15 is 0 Å². The predicted molar refractivity (Wildman–Crippen MR) is 199 cm³/mol. The Hall–Kier alpha value is -5.05. The smallest absolute Gasteiger partial charge is 0.302 e. The Labute approximate surface area is 301 Å². The van der Waals surface area contributed by atoms with Gasteiger partial charge < -0.3 is 34.9 Å². The normalized spacial score (nSPS) is 11.9. The zero-order valence-electron chi connectivity index (χ0n) is 29.6. The summed E-state index contributed by atoms with van der Waals surface area (Å²) < 4.78 is 12.6. The van der Waals surface area contributed by atoms with Crippen LogP contribution >= 0.6 is 11.3 Å². The monoisotopic (exact) mass is 714 g/mol. The van der Waals surface area contributed by atoms with Crippen molar-refractivity contribution >= 4 is 45.9 Å². The van der Waals surface area contributed by atoms with Crippen molar-refractivity contribution in [3.05, 3.63) is 77.3 Å². The molecule has 51 heavy (non-hydrogen) atoms. The van der Waals surface area contributed by atoms with Gasteiger partial charge in [0, 0.05) is 61.7 Å². The van der Waals surface area contributed by atoms with E-state index in [4.69, 9.17) is 20.2 Å². The van der Waals surface area contributed by atoms with Crippen molar-refractivity contribution in [3.8, 4) is 22.0 Å². The van der Waals surface area contributed by atoms with Gasteiger partial charge in [-0.1, -0.05) is 6.07 Å². The SMILES string of the molecule is CC(=O)OCCN(CCOC(C)=O)c1ccc(-c2nc3cc(C(CC(N)=O)NCc4ccc(-c5ccn[nH]5)s4)ccc3n2CCCN(C)C)cc1. The number of carbonyl (C=O) groups excluding carboxylic acids is 3. The van der Waals surface area contributed by atoms with Gasteiger partial charge in [-0.2, -0.15) is 5.10 Å².